The van der Waals surface area contributed by atoms with E-state index in [1.54, 1.807) is 14.1 Å². The van der Waals surface area contributed by atoms with E-state index in [0.29, 0.717) is 12.5 Å². The van der Waals surface area contributed by atoms with E-state index in [0.717, 1.165) is 44.2 Å². The van der Waals surface area contributed by atoms with Crippen molar-refractivity contribution in [3.8, 4) is 0 Å². The van der Waals surface area contributed by atoms with Crippen molar-refractivity contribution in [1.29, 1.82) is 0 Å². The molecule has 11 heteroatoms. The minimum atomic E-state index is -4.49. The summed E-state index contributed by atoms with van der Waals surface area (Å²) in [6, 6.07) is 7.47. The lowest BCUT2D eigenvalue weighted by Gasteiger charge is -2.21. The second kappa shape index (κ2) is 14.1. The molecule has 36 heavy (non-hydrogen) atoms. The molecule has 1 fully saturated rings. The van der Waals surface area contributed by atoms with Crippen molar-refractivity contribution in [2.45, 2.75) is 38.3 Å². The number of carbonyl (C=O) groups is 3. The maximum absolute atomic E-state index is 12.9. The maximum atomic E-state index is 12.9. The fourth-order valence-corrected chi connectivity index (χ4v) is 3.49. The van der Waals surface area contributed by atoms with Crippen LogP contribution in [0.1, 0.15) is 48.0 Å². The van der Waals surface area contributed by atoms with Gasteiger partial charge in [0, 0.05) is 32.5 Å². The third-order valence-electron chi connectivity index (χ3n) is 5.34. The van der Waals surface area contributed by atoms with E-state index in [2.05, 4.69) is 15.6 Å². The number of hydrogen-bond acceptors (Lipinski definition) is 6. The highest BCUT2D eigenvalue weighted by atomic mass is 19.4. The van der Waals surface area contributed by atoms with Crippen molar-refractivity contribution in [2.24, 2.45) is 5.92 Å². The van der Waals surface area contributed by atoms with Crippen LogP contribution in [-0.4, -0.2) is 55.4 Å². The van der Waals surface area contributed by atoms with Gasteiger partial charge in [-0.15, -0.1) is 0 Å². The number of alkyl halides is 3. The molecule has 1 heterocycles. The summed E-state index contributed by atoms with van der Waals surface area (Å²) in [6.45, 7) is 0.120. The van der Waals surface area contributed by atoms with E-state index in [1.807, 2.05) is 0 Å². The van der Waals surface area contributed by atoms with Crippen molar-refractivity contribution < 1.29 is 32.3 Å². The van der Waals surface area contributed by atoms with E-state index in [9.17, 15) is 27.6 Å². The summed E-state index contributed by atoms with van der Waals surface area (Å²) in [5.41, 5.74) is -0.694. The molecule has 3 rings (SSSR count). The Hall–Kier alpha value is -3.63. The number of halogens is 3. The Morgan fingerprint density at radius 2 is 1.83 bits per heavy atom. The lowest BCUT2D eigenvalue weighted by atomic mass is 9.89. The Balaban J connectivity index is 0.000000830. The van der Waals surface area contributed by atoms with Gasteiger partial charge in [-0.2, -0.15) is 13.2 Å². The average molecular weight is 509 g/mol. The number of esters is 1. The lowest BCUT2D eigenvalue weighted by Crippen LogP contribution is -2.33. The molecule has 0 radical (unpaired) electrons. The number of carbonyl (C=O) groups excluding carboxylic acids is 3. The fraction of sp³-hybridized carbons (Fsp3) is 0.440. The van der Waals surface area contributed by atoms with Crippen molar-refractivity contribution in [3.63, 3.8) is 0 Å². The van der Waals surface area contributed by atoms with Gasteiger partial charge in [0.2, 0.25) is 6.41 Å². The number of rotatable bonds is 8. The van der Waals surface area contributed by atoms with Crippen LogP contribution in [-0.2, 0) is 20.5 Å². The molecule has 1 aromatic carbocycles. The number of benzene rings is 1. The highest BCUT2D eigenvalue weighted by Crippen LogP contribution is 2.31. The van der Waals surface area contributed by atoms with E-state index in [4.69, 9.17) is 4.74 Å². The zero-order valence-electron chi connectivity index (χ0n) is 20.3. The highest BCUT2D eigenvalue weighted by molar-refractivity contribution is 5.96. The number of hydrogen-bond donors (Lipinski definition) is 2. The maximum Gasteiger partial charge on any atom is 0.416 e. The third-order valence-corrected chi connectivity index (χ3v) is 5.34. The molecular formula is C25H31F3N4O4. The summed E-state index contributed by atoms with van der Waals surface area (Å²) in [5, 5.41) is 5.49. The fourth-order valence-electron chi connectivity index (χ4n) is 3.49. The van der Waals surface area contributed by atoms with Crippen molar-refractivity contribution in [1.82, 2.24) is 15.2 Å². The molecule has 0 atom stereocenters. The monoisotopic (exact) mass is 508 g/mol. The van der Waals surface area contributed by atoms with E-state index in [1.165, 1.54) is 41.8 Å². The zero-order valence-corrected chi connectivity index (χ0v) is 20.3. The molecule has 1 saturated carbocycles. The van der Waals surface area contributed by atoms with Crippen LogP contribution in [0.25, 0.3) is 0 Å². The average Bonchev–Trinajstić information content (AvgIpc) is 2.87. The first-order valence-electron chi connectivity index (χ1n) is 11.5. The Labute approximate surface area is 208 Å². The molecule has 2 N–H and O–H groups in total. The van der Waals surface area contributed by atoms with Crippen LogP contribution >= 0.6 is 0 Å². The van der Waals surface area contributed by atoms with Crippen LogP contribution in [0, 0.1) is 5.92 Å². The number of nitrogens with zero attached hydrogens (tertiary/aromatic N) is 2. The molecule has 196 valence electrons. The number of nitrogens with one attached hydrogen (secondary N) is 2. The first-order valence-corrected chi connectivity index (χ1v) is 11.5. The highest BCUT2D eigenvalue weighted by Gasteiger charge is 2.30. The smallest absolute Gasteiger partial charge is 0.416 e. The quantitative estimate of drug-likeness (QED) is 0.405. The van der Waals surface area contributed by atoms with Crippen LogP contribution in [0.5, 0.6) is 0 Å². The van der Waals surface area contributed by atoms with Gasteiger partial charge in [0.15, 0.2) is 6.61 Å². The van der Waals surface area contributed by atoms with Gasteiger partial charge < -0.3 is 20.3 Å². The van der Waals surface area contributed by atoms with Crippen LogP contribution in [0.2, 0.25) is 0 Å². The molecule has 0 saturated heterocycles. The summed E-state index contributed by atoms with van der Waals surface area (Å²) in [7, 11) is 3.38. The Morgan fingerprint density at radius 3 is 2.47 bits per heavy atom. The standard InChI is InChI=1S/C22H24F3N3O3.C3H7NO/c23-22(24,25)16-8-4-9-17(12-16)28-20-18(10-5-11-26-20)21(30)31-14-19(29)27-13-15-6-2-1-3-7-15;1-4(2)3-5/h4-5,8-12,15H,1-3,6-7,13-14H2,(H,26,28)(H,27,29);3H,1-2H3. The predicted octanol–water partition coefficient (Wildman–Crippen LogP) is 4.40. The Kier molecular flexibility index (Phi) is 11.2. The molecule has 2 aromatic rings. The van der Waals surface area contributed by atoms with E-state index >= 15 is 0 Å². The summed E-state index contributed by atoms with van der Waals surface area (Å²) >= 11 is 0. The van der Waals surface area contributed by atoms with Gasteiger partial charge in [-0.1, -0.05) is 25.3 Å². The molecule has 0 spiro atoms. The zero-order chi connectivity index (χ0) is 26.6. The third kappa shape index (κ3) is 9.93. The number of anilines is 2. The summed E-state index contributed by atoms with van der Waals surface area (Å²) in [6.07, 6.45) is 3.37. The molecular weight excluding hydrogens is 477 g/mol. The SMILES string of the molecule is CN(C)C=O.O=C(COC(=O)c1cccnc1Nc1cccc(C(F)(F)F)c1)NCC1CCCCC1. The molecule has 1 aliphatic carbocycles. The first kappa shape index (κ1) is 28.6. The van der Waals surface area contributed by atoms with Crippen LogP contribution < -0.4 is 10.6 Å². The number of aromatic nitrogens is 1. The number of amides is 2. The van der Waals surface area contributed by atoms with Crippen LogP contribution in [0.4, 0.5) is 24.7 Å². The minimum Gasteiger partial charge on any atom is -0.452 e. The normalized spacial score (nSPS) is 13.6. The predicted molar refractivity (Wildman–Crippen MR) is 129 cm³/mol. The van der Waals surface area contributed by atoms with Crippen LogP contribution in [0.3, 0.4) is 0 Å². The summed E-state index contributed by atoms with van der Waals surface area (Å²) in [5.74, 6) is -0.699. The molecule has 2 amide bonds. The lowest BCUT2D eigenvalue weighted by molar-refractivity contribution is -0.137. The van der Waals surface area contributed by atoms with Crippen LogP contribution in [0.15, 0.2) is 42.6 Å². The molecule has 0 aliphatic heterocycles. The van der Waals surface area contributed by atoms with Gasteiger partial charge in [-0.3, -0.25) is 9.59 Å². The minimum absolute atomic E-state index is 0.0139. The molecule has 1 aliphatic rings. The van der Waals surface area contributed by atoms with Gasteiger partial charge >= 0.3 is 12.1 Å². The number of pyridine rings is 1. The molecule has 1 aromatic heterocycles. The number of ether oxygens (including phenoxy) is 1. The van der Waals surface area contributed by atoms with Gasteiger partial charge in [0.05, 0.1) is 5.56 Å². The van der Waals surface area contributed by atoms with Crippen molar-refractivity contribution in [2.75, 3.05) is 32.6 Å². The Morgan fingerprint density at radius 1 is 1.14 bits per heavy atom. The van der Waals surface area contributed by atoms with E-state index < -0.39 is 30.2 Å². The van der Waals surface area contributed by atoms with Gasteiger partial charge in [-0.05, 0) is 49.1 Å². The summed E-state index contributed by atoms with van der Waals surface area (Å²) < 4.78 is 43.8. The molecule has 0 bridgehead atoms. The van der Waals surface area contributed by atoms with Crippen molar-refractivity contribution >= 4 is 29.8 Å². The van der Waals surface area contributed by atoms with Gasteiger partial charge in [-0.25, -0.2) is 9.78 Å². The topological polar surface area (TPSA) is 101 Å². The Bertz CT molecular complexity index is 1010. The largest absolute Gasteiger partial charge is 0.452 e. The van der Waals surface area contributed by atoms with E-state index in [-0.39, 0.29) is 17.1 Å². The molecule has 8 nitrogen and oxygen atoms in total. The van der Waals surface area contributed by atoms with Crippen molar-refractivity contribution in [3.05, 3.63) is 53.7 Å². The summed E-state index contributed by atoms with van der Waals surface area (Å²) in [4.78, 5) is 39.3. The van der Waals surface area contributed by atoms with Gasteiger partial charge in [0.25, 0.3) is 5.91 Å². The second-order valence-corrected chi connectivity index (χ2v) is 8.56. The van der Waals surface area contributed by atoms with Gasteiger partial charge in [0.1, 0.15) is 11.4 Å². The molecule has 0 unspecified atom stereocenters. The second-order valence-electron chi connectivity index (χ2n) is 8.56. The first-order chi connectivity index (χ1) is 17.1.